The van der Waals surface area contributed by atoms with Crippen LogP contribution < -0.4 is 5.32 Å². The Bertz CT molecular complexity index is 900. The van der Waals surface area contributed by atoms with Crippen LogP contribution in [-0.2, 0) is 17.9 Å². The second-order valence-corrected chi connectivity index (χ2v) is 6.85. The lowest BCUT2D eigenvalue weighted by atomic mass is 10.1. The number of hydrogen-bond donors (Lipinski definition) is 1. The summed E-state index contributed by atoms with van der Waals surface area (Å²) in [7, 11) is 0. The summed E-state index contributed by atoms with van der Waals surface area (Å²) in [5, 5.41) is 12.2. The molecule has 0 aliphatic rings. The predicted octanol–water partition coefficient (Wildman–Crippen LogP) is 3.67. The Labute approximate surface area is 157 Å². The molecule has 0 aliphatic heterocycles. The third kappa shape index (κ3) is 4.14. The van der Waals surface area contributed by atoms with Gasteiger partial charge in [0.2, 0.25) is 5.91 Å². The van der Waals surface area contributed by atoms with Crippen LogP contribution in [0.1, 0.15) is 23.9 Å². The predicted molar refractivity (Wildman–Crippen MR) is 102 cm³/mol. The van der Waals surface area contributed by atoms with Crippen molar-refractivity contribution in [3.63, 3.8) is 0 Å². The zero-order valence-electron chi connectivity index (χ0n) is 15.1. The zero-order chi connectivity index (χ0) is 18.7. The number of hydrogen-bond acceptors (Lipinski definition) is 3. The average molecular weight is 372 g/mol. The van der Waals surface area contributed by atoms with E-state index in [9.17, 15) is 4.79 Å². The second-order valence-electron chi connectivity index (χ2n) is 6.47. The van der Waals surface area contributed by atoms with E-state index >= 15 is 0 Å². The molecule has 1 atom stereocenters. The molecule has 0 saturated heterocycles. The molecule has 0 bridgehead atoms. The fraction of sp³-hybridized carbons (Fsp3) is 0.316. The minimum atomic E-state index is -0.249. The van der Waals surface area contributed by atoms with Gasteiger partial charge in [-0.1, -0.05) is 48.9 Å². The molecule has 2 aromatic heterocycles. The van der Waals surface area contributed by atoms with Crippen molar-refractivity contribution in [2.24, 2.45) is 5.92 Å². The van der Waals surface area contributed by atoms with Crippen molar-refractivity contribution in [1.82, 2.24) is 19.6 Å². The highest BCUT2D eigenvalue weighted by Crippen LogP contribution is 2.20. The fourth-order valence-corrected chi connectivity index (χ4v) is 2.88. The standard InChI is InChI=1S/C19H22ClN5O/c1-13(10-25-15(3)18(20)14(2)23-25)19(26)22-17-9-21-24(12-17)11-16-7-5-4-6-8-16/h4-9,12-13H,10-11H2,1-3H3,(H,22,26). The number of aryl methyl sites for hydroxylation is 1. The first-order valence-corrected chi connectivity index (χ1v) is 8.88. The highest BCUT2D eigenvalue weighted by Gasteiger charge is 2.18. The second kappa shape index (κ2) is 7.74. The Morgan fingerprint density at radius 3 is 2.65 bits per heavy atom. The largest absolute Gasteiger partial charge is 0.323 e. The van der Waals surface area contributed by atoms with Gasteiger partial charge in [0, 0.05) is 6.20 Å². The maximum Gasteiger partial charge on any atom is 0.229 e. The van der Waals surface area contributed by atoms with E-state index in [2.05, 4.69) is 15.5 Å². The molecule has 26 heavy (non-hydrogen) atoms. The summed E-state index contributed by atoms with van der Waals surface area (Å²) in [5.74, 6) is -0.325. The van der Waals surface area contributed by atoms with Gasteiger partial charge in [0.05, 0.1) is 47.3 Å². The highest BCUT2D eigenvalue weighted by molar-refractivity contribution is 6.31. The molecule has 1 amide bonds. The first-order valence-electron chi connectivity index (χ1n) is 8.51. The van der Waals surface area contributed by atoms with E-state index in [4.69, 9.17) is 11.6 Å². The van der Waals surface area contributed by atoms with Gasteiger partial charge >= 0.3 is 0 Å². The van der Waals surface area contributed by atoms with Crippen LogP contribution in [0.4, 0.5) is 5.69 Å². The maximum atomic E-state index is 12.5. The van der Waals surface area contributed by atoms with E-state index in [1.165, 1.54) is 0 Å². The molecule has 6 nitrogen and oxygen atoms in total. The van der Waals surface area contributed by atoms with Gasteiger partial charge in [0.1, 0.15) is 0 Å². The molecule has 1 unspecified atom stereocenters. The minimum Gasteiger partial charge on any atom is -0.323 e. The van der Waals surface area contributed by atoms with E-state index in [1.807, 2.05) is 57.3 Å². The van der Waals surface area contributed by atoms with Gasteiger partial charge in [-0.05, 0) is 19.4 Å². The molecular formula is C19H22ClN5O. The number of rotatable bonds is 6. The molecule has 3 aromatic rings. The molecule has 136 valence electrons. The van der Waals surface area contributed by atoms with E-state index < -0.39 is 0 Å². The van der Waals surface area contributed by atoms with E-state index in [1.54, 1.807) is 15.6 Å². The van der Waals surface area contributed by atoms with Gasteiger partial charge in [-0.3, -0.25) is 14.2 Å². The Kier molecular flexibility index (Phi) is 5.42. The van der Waals surface area contributed by atoms with Crippen LogP contribution in [0, 0.1) is 19.8 Å². The number of benzene rings is 1. The number of nitrogens with zero attached hydrogens (tertiary/aromatic N) is 4. The maximum absolute atomic E-state index is 12.5. The summed E-state index contributed by atoms with van der Waals surface area (Å²) in [5.41, 5.74) is 3.49. The summed E-state index contributed by atoms with van der Waals surface area (Å²) < 4.78 is 3.58. The van der Waals surface area contributed by atoms with Gasteiger partial charge < -0.3 is 5.32 Å². The third-order valence-corrected chi connectivity index (χ3v) is 4.82. The average Bonchev–Trinajstić information content (AvgIpc) is 3.16. The summed E-state index contributed by atoms with van der Waals surface area (Å²) in [6.45, 7) is 6.77. The lowest BCUT2D eigenvalue weighted by Crippen LogP contribution is -2.25. The number of carbonyl (C=O) groups excluding carboxylic acids is 1. The Morgan fingerprint density at radius 1 is 1.27 bits per heavy atom. The Morgan fingerprint density at radius 2 is 2.00 bits per heavy atom. The number of carbonyl (C=O) groups is 1. The summed E-state index contributed by atoms with van der Waals surface area (Å²) in [6, 6.07) is 10.1. The molecule has 7 heteroatoms. The van der Waals surface area contributed by atoms with Gasteiger partial charge in [-0.15, -0.1) is 0 Å². The number of aromatic nitrogens is 4. The lowest BCUT2D eigenvalue weighted by molar-refractivity contribution is -0.119. The molecule has 0 spiro atoms. The lowest BCUT2D eigenvalue weighted by Gasteiger charge is -2.12. The van der Waals surface area contributed by atoms with Crippen molar-refractivity contribution < 1.29 is 4.79 Å². The van der Waals surface area contributed by atoms with E-state index in [0.29, 0.717) is 23.8 Å². The van der Waals surface area contributed by atoms with Crippen LogP contribution in [0.2, 0.25) is 5.02 Å². The molecule has 3 rings (SSSR count). The van der Waals surface area contributed by atoms with Gasteiger partial charge in [0.25, 0.3) is 0 Å². The monoisotopic (exact) mass is 371 g/mol. The first kappa shape index (κ1) is 18.2. The van der Waals surface area contributed by atoms with Crippen molar-refractivity contribution in [3.8, 4) is 0 Å². The van der Waals surface area contributed by atoms with Gasteiger partial charge in [-0.25, -0.2) is 0 Å². The number of anilines is 1. The van der Waals surface area contributed by atoms with Crippen molar-refractivity contribution >= 4 is 23.2 Å². The fourth-order valence-electron chi connectivity index (χ4n) is 2.75. The molecule has 1 aromatic carbocycles. The van der Waals surface area contributed by atoms with Crippen LogP contribution in [0.25, 0.3) is 0 Å². The molecular weight excluding hydrogens is 350 g/mol. The third-order valence-electron chi connectivity index (χ3n) is 4.28. The van der Waals surface area contributed by atoms with Crippen molar-refractivity contribution in [3.05, 3.63) is 64.7 Å². The number of amides is 1. The Hall–Kier alpha value is -2.60. The van der Waals surface area contributed by atoms with Crippen LogP contribution in [0.3, 0.4) is 0 Å². The smallest absolute Gasteiger partial charge is 0.229 e. The van der Waals surface area contributed by atoms with Crippen LogP contribution in [0.5, 0.6) is 0 Å². The van der Waals surface area contributed by atoms with Crippen LogP contribution >= 0.6 is 11.6 Å². The van der Waals surface area contributed by atoms with E-state index in [0.717, 1.165) is 17.0 Å². The molecule has 0 aliphatic carbocycles. The molecule has 0 radical (unpaired) electrons. The SMILES string of the molecule is Cc1nn(CC(C)C(=O)Nc2cnn(Cc3ccccc3)c2)c(C)c1Cl. The Balaban J connectivity index is 1.60. The zero-order valence-corrected chi connectivity index (χ0v) is 15.9. The molecule has 1 N–H and O–H groups in total. The molecule has 0 saturated carbocycles. The summed E-state index contributed by atoms with van der Waals surface area (Å²) in [4.78, 5) is 12.5. The first-order chi connectivity index (χ1) is 12.4. The van der Waals surface area contributed by atoms with Crippen molar-refractivity contribution in [2.75, 3.05) is 5.32 Å². The minimum absolute atomic E-state index is 0.0760. The van der Waals surface area contributed by atoms with Gasteiger partial charge in [-0.2, -0.15) is 10.2 Å². The van der Waals surface area contributed by atoms with Gasteiger partial charge in [0.15, 0.2) is 0 Å². The summed E-state index contributed by atoms with van der Waals surface area (Å²) >= 11 is 6.17. The van der Waals surface area contributed by atoms with Crippen molar-refractivity contribution in [1.29, 1.82) is 0 Å². The topological polar surface area (TPSA) is 64.7 Å². The molecule has 0 fully saturated rings. The number of halogens is 1. The highest BCUT2D eigenvalue weighted by atomic mass is 35.5. The van der Waals surface area contributed by atoms with Crippen LogP contribution in [-0.4, -0.2) is 25.5 Å². The summed E-state index contributed by atoms with van der Waals surface area (Å²) in [6.07, 6.45) is 3.49. The normalized spacial score (nSPS) is 12.2. The quantitative estimate of drug-likeness (QED) is 0.719. The molecule has 2 heterocycles. The number of nitrogens with one attached hydrogen (secondary N) is 1. The van der Waals surface area contributed by atoms with E-state index in [-0.39, 0.29) is 11.8 Å². The van der Waals surface area contributed by atoms with Crippen molar-refractivity contribution in [2.45, 2.75) is 33.9 Å². The van der Waals surface area contributed by atoms with Crippen LogP contribution in [0.15, 0.2) is 42.7 Å².